The van der Waals surface area contributed by atoms with E-state index in [1.807, 2.05) is 39.8 Å². The Balaban J connectivity index is 2.29. The van der Waals surface area contributed by atoms with Crippen molar-refractivity contribution < 1.29 is 0 Å². The summed E-state index contributed by atoms with van der Waals surface area (Å²) in [5.41, 5.74) is 3.44. The lowest BCUT2D eigenvalue weighted by Gasteiger charge is -1.98. The summed E-state index contributed by atoms with van der Waals surface area (Å²) in [6, 6.07) is 3.76. The average Bonchev–Trinajstić information content (AvgIpc) is 2.23. The quantitative estimate of drug-likeness (QED) is 0.758. The minimum Gasteiger partial charge on any atom is -0.215 e. The summed E-state index contributed by atoms with van der Waals surface area (Å²) in [5.74, 6) is 0.658. The van der Waals surface area contributed by atoms with Gasteiger partial charge >= 0.3 is 0 Å². The molecule has 0 radical (unpaired) electrons. The van der Waals surface area contributed by atoms with E-state index in [0.29, 0.717) is 11.9 Å². The zero-order chi connectivity index (χ0) is 13.1. The lowest BCUT2D eigenvalue weighted by atomic mass is 10.4. The van der Waals surface area contributed by atoms with Crippen LogP contribution in [0.4, 0.5) is 11.9 Å². The van der Waals surface area contributed by atoms with Crippen LogP contribution in [0.2, 0.25) is 0 Å². The highest BCUT2D eigenvalue weighted by Gasteiger charge is 2.00. The molecule has 2 aromatic heterocycles. The van der Waals surface area contributed by atoms with E-state index >= 15 is 0 Å². The maximum atomic E-state index is 4.17. The molecule has 2 aromatic rings. The molecule has 0 fully saturated rings. The third-order valence-electron chi connectivity index (χ3n) is 2.17. The molecule has 0 amide bonds. The number of azo groups is 1. The Labute approximate surface area is 105 Å². The SMILES string of the molecule is Cc1cc(C)nc(N=Nc2nc(C)cc(C)n2)n1. The minimum atomic E-state index is 0.329. The number of nitrogens with zero attached hydrogens (tertiary/aromatic N) is 6. The van der Waals surface area contributed by atoms with Gasteiger partial charge in [0.2, 0.25) is 0 Å². The molecule has 2 rings (SSSR count). The van der Waals surface area contributed by atoms with Gasteiger partial charge in [0.15, 0.2) is 0 Å². The molecule has 2 heterocycles. The summed E-state index contributed by atoms with van der Waals surface area (Å²) in [6.07, 6.45) is 0. The van der Waals surface area contributed by atoms with Crippen LogP contribution in [-0.2, 0) is 0 Å². The van der Waals surface area contributed by atoms with Gasteiger partial charge in [-0.2, -0.15) is 0 Å². The monoisotopic (exact) mass is 242 g/mol. The summed E-state index contributed by atoms with van der Waals surface area (Å²) in [7, 11) is 0. The predicted octanol–water partition coefficient (Wildman–Crippen LogP) is 2.92. The lowest BCUT2D eigenvalue weighted by molar-refractivity contribution is 0.960. The Morgan fingerprint density at radius 2 is 0.889 bits per heavy atom. The van der Waals surface area contributed by atoms with Gasteiger partial charge in [-0.15, -0.1) is 10.2 Å². The van der Waals surface area contributed by atoms with Crippen molar-refractivity contribution in [2.45, 2.75) is 27.7 Å². The van der Waals surface area contributed by atoms with Crippen LogP contribution in [0.1, 0.15) is 22.8 Å². The van der Waals surface area contributed by atoms with E-state index in [1.54, 1.807) is 0 Å². The number of rotatable bonds is 2. The first-order chi connectivity index (χ1) is 8.52. The van der Waals surface area contributed by atoms with Gasteiger partial charge in [0, 0.05) is 22.8 Å². The molecule has 0 aliphatic heterocycles. The highest BCUT2D eigenvalue weighted by atomic mass is 15.3. The number of aromatic nitrogens is 4. The third-order valence-corrected chi connectivity index (χ3v) is 2.17. The molecule has 0 bridgehead atoms. The smallest absolute Gasteiger partial charge is 0.215 e. The van der Waals surface area contributed by atoms with Crippen LogP contribution in [0.25, 0.3) is 0 Å². The molecule has 0 atom stereocenters. The summed E-state index contributed by atoms with van der Waals surface area (Å²) in [5, 5.41) is 7.92. The Morgan fingerprint density at radius 3 is 1.17 bits per heavy atom. The topological polar surface area (TPSA) is 76.3 Å². The molecule has 6 nitrogen and oxygen atoms in total. The van der Waals surface area contributed by atoms with E-state index in [-0.39, 0.29) is 0 Å². The Kier molecular flexibility index (Phi) is 3.36. The van der Waals surface area contributed by atoms with Gasteiger partial charge in [0.25, 0.3) is 11.9 Å². The molecule has 0 saturated heterocycles. The van der Waals surface area contributed by atoms with Gasteiger partial charge < -0.3 is 0 Å². The van der Waals surface area contributed by atoms with Crippen LogP contribution < -0.4 is 0 Å². The van der Waals surface area contributed by atoms with Crippen molar-refractivity contribution in [2.24, 2.45) is 10.2 Å². The largest absolute Gasteiger partial charge is 0.269 e. The van der Waals surface area contributed by atoms with E-state index in [4.69, 9.17) is 0 Å². The number of hydrogen-bond acceptors (Lipinski definition) is 6. The zero-order valence-electron chi connectivity index (χ0n) is 10.8. The molecule has 0 saturated carbocycles. The third kappa shape index (κ3) is 3.13. The summed E-state index contributed by atoms with van der Waals surface area (Å²) in [6.45, 7) is 7.56. The first kappa shape index (κ1) is 12.2. The van der Waals surface area contributed by atoms with Crippen LogP contribution in [0.3, 0.4) is 0 Å². The van der Waals surface area contributed by atoms with Crippen molar-refractivity contribution in [1.29, 1.82) is 0 Å². The second-order valence-corrected chi connectivity index (χ2v) is 4.10. The zero-order valence-corrected chi connectivity index (χ0v) is 10.8. The van der Waals surface area contributed by atoms with Crippen LogP contribution in [-0.4, -0.2) is 19.9 Å². The van der Waals surface area contributed by atoms with Gasteiger partial charge in [-0.05, 0) is 39.8 Å². The Bertz CT molecular complexity index is 512. The maximum Gasteiger partial charge on any atom is 0.269 e. The normalized spacial score (nSPS) is 11.1. The van der Waals surface area contributed by atoms with Crippen LogP contribution in [0.5, 0.6) is 0 Å². The molecule has 18 heavy (non-hydrogen) atoms. The molecule has 0 aliphatic carbocycles. The van der Waals surface area contributed by atoms with Crippen molar-refractivity contribution in [3.8, 4) is 0 Å². The fourth-order valence-corrected chi connectivity index (χ4v) is 1.59. The summed E-state index contributed by atoms with van der Waals surface area (Å²) < 4.78 is 0. The van der Waals surface area contributed by atoms with Gasteiger partial charge in [0.1, 0.15) is 0 Å². The fraction of sp³-hybridized carbons (Fsp3) is 0.333. The molecule has 0 aromatic carbocycles. The van der Waals surface area contributed by atoms with E-state index in [9.17, 15) is 0 Å². The van der Waals surface area contributed by atoms with Crippen molar-refractivity contribution in [2.75, 3.05) is 0 Å². The summed E-state index contributed by atoms with van der Waals surface area (Å²) in [4.78, 5) is 16.7. The number of aryl methyl sites for hydroxylation is 4. The molecule has 0 aliphatic rings. The second kappa shape index (κ2) is 4.95. The molecule has 0 spiro atoms. The molecular weight excluding hydrogens is 228 g/mol. The Morgan fingerprint density at radius 1 is 0.611 bits per heavy atom. The van der Waals surface area contributed by atoms with E-state index < -0.39 is 0 Å². The molecule has 0 unspecified atom stereocenters. The fourth-order valence-electron chi connectivity index (χ4n) is 1.59. The first-order valence-corrected chi connectivity index (χ1v) is 5.59. The van der Waals surface area contributed by atoms with Crippen molar-refractivity contribution in [1.82, 2.24) is 19.9 Å². The van der Waals surface area contributed by atoms with Gasteiger partial charge in [0.05, 0.1) is 0 Å². The molecule has 0 N–H and O–H groups in total. The lowest BCUT2D eigenvalue weighted by Crippen LogP contribution is -1.90. The van der Waals surface area contributed by atoms with Crippen molar-refractivity contribution in [3.63, 3.8) is 0 Å². The summed E-state index contributed by atoms with van der Waals surface area (Å²) >= 11 is 0. The average molecular weight is 242 g/mol. The van der Waals surface area contributed by atoms with Crippen LogP contribution in [0.15, 0.2) is 22.4 Å². The maximum absolute atomic E-state index is 4.17. The van der Waals surface area contributed by atoms with Crippen LogP contribution >= 0.6 is 0 Å². The van der Waals surface area contributed by atoms with Crippen molar-refractivity contribution in [3.05, 3.63) is 34.9 Å². The molecule has 92 valence electrons. The van der Waals surface area contributed by atoms with Gasteiger partial charge in [-0.3, -0.25) is 0 Å². The number of hydrogen-bond donors (Lipinski definition) is 0. The highest BCUT2D eigenvalue weighted by Crippen LogP contribution is 2.12. The van der Waals surface area contributed by atoms with Crippen molar-refractivity contribution >= 4 is 11.9 Å². The molecule has 6 heteroatoms. The second-order valence-electron chi connectivity index (χ2n) is 4.10. The molecular formula is C12H14N6. The van der Waals surface area contributed by atoms with Gasteiger partial charge in [-0.25, -0.2) is 19.9 Å². The Hall–Kier alpha value is -2.24. The van der Waals surface area contributed by atoms with Crippen LogP contribution in [0, 0.1) is 27.7 Å². The highest BCUT2D eigenvalue weighted by molar-refractivity contribution is 5.23. The van der Waals surface area contributed by atoms with E-state index in [0.717, 1.165) is 22.8 Å². The van der Waals surface area contributed by atoms with E-state index in [2.05, 4.69) is 30.2 Å². The predicted molar refractivity (Wildman–Crippen MR) is 67.2 cm³/mol. The van der Waals surface area contributed by atoms with E-state index in [1.165, 1.54) is 0 Å². The first-order valence-electron chi connectivity index (χ1n) is 5.59. The minimum absolute atomic E-state index is 0.329. The standard InChI is InChI=1S/C12H14N6/c1-7-5-8(2)14-11(13-7)17-18-12-15-9(3)6-10(4)16-12/h5-6H,1-4H3. The van der Waals surface area contributed by atoms with Gasteiger partial charge in [-0.1, -0.05) is 0 Å².